The zero-order chi connectivity index (χ0) is 13.8. The summed E-state index contributed by atoms with van der Waals surface area (Å²) in [4.78, 5) is 11.8. The molecule has 0 aromatic heterocycles. The smallest absolute Gasteiger partial charge is 0.255 e. The third-order valence-electron chi connectivity index (χ3n) is 2.57. The van der Waals surface area contributed by atoms with Gasteiger partial charge in [0.05, 0.1) is 5.56 Å². The molecule has 0 saturated heterocycles. The Hall–Kier alpha value is -1.88. The molecule has 0 aliphatic carbocycles. The molecule has 0 fully saturated rings. The van der Waals surface area contributed by atoms with E-state index in [2.05, 4.69) is 21.2 Å². The highest BCUT2D eigenvalue weighted by molar-refractivity contribution is 9.10. The van der Waals surface area contributed by atoms with Crippen molar-refractivity contribution >= 4 is 21.8 Å². The van der Waals surface area contributed by atoms with Crippen LogP contribution in [0.1, 0.15) is 15.9 Å². The summed E-state index contributed by atoms with van der Waals surface area (Å²) in [5.41, 5.74) is 0.838. The molecule has 5 heteroatoms. The largest absolute Gasteiger partial charge is 0.507 e. The normalized spacial score (nSPS) is 10.2. The minimum Gasteiger partial charge on any atom is -0.507 e. The maximum Gasteiger partial charge on any atom is 0.255 e. The summed E-state index contributed by atoms with van der Waals surface area (Å²) in [6.07, 6.45) is 0. The Balaban J connectivity index is 2.05. The average Bonchev–Trinajstić information content (AvgIpc) is 2.40. The van der Waals surface area contributed by atoms with E-state index < -0.39 is 11.7 Å². The molecular formula is C14H11BrFNO2. The summed E-state index contributed by atoms with van der Waals surface area (Å²) >= 11 is 3.32. The Kier molecular flexibility index (Phi) is 4.16. The first kappa shape index (κ1) is 13.5. The molecule has 0 aliphatic heterocycles. The number of benzene rings is 2. The number of hydrogen-bond donors (Lipinski definition) is 2. The van der Waals surface area contributed by atoms with E-state index in [1.54, 1.807) is 0 Å². The van der Waals surface area contributed by atoms with Crippen molar-refractivity contribution in [3.63, 3.8) is 0 Å². The van der Waals surface area contributed by atoms with Crippen LogP contribution in [0.2, 0.25) is 0 Å². The van der Waals surface area contributed by atoms with Crippen molar-refractivity contribution in [1.29, 1.82) is 0 Å². The first-order chi connectivity index (χ1) is 9.06. The fraction of sp³-hybridized carbons (Fsp3) is 0.0714. The predicted octanol–water partition coefficient (Wildman–Crippen LogP) is 3.22. The number of phenols is 1. The molecule has 0 spiro atoms. The number of carbonyl (C=O) groups excluding carboxylic acids is 1. The SMILES string of the molecule is O=C(NCc1ccc(Br)cc1)c1cc(F)ccc1O. The molecule has 0 aliphatic rings. The first-order valence-corrected chi connectivity index (χ1v) is 6.37. The van der Waals surface area contributed by atoms with Gasteiger partial charge in [0.1, 0.15) is 11.6 Å². The van der Waals surface area contributed by atoms with Crippen molar-refractivity contribution in [2.24, 2.45) is 0 Å². The van der Waals surface area contributed by atoms with Crippen LogP contribution in [0.4, 0.5) is 4.39 Å². The van der Waals surface area contributed by atoms with Crippen molar-refractivity contribution in [2.75, 3.05) is 0 Å². The lowest BCUT2D eigenvalue weighted by Gasteiger charge is -2.07. The molecule has 2 N–H and O–H groups in total. The van der Waals surface area contributed by atoms with Crippen molar-refractivity contribution in [2.45, 2.75) is 6.54 Å². The van der Waals surface area contributed by atoms with Crippen LogP contribution in [-0.4, -0.2) is 11.0 Å². The fourth-order valence-electron chi connectivity index (χ4n) is 1.57. The molecule has 0 atom stereocenters. The summed E-state index contributed by atoms with van der Waals surface area (Å²) in [6, 6.07) is 10.7. The summed E-state index contributed by atoms with van der Waals surface area (Å²) in [5, 5.41) is 12.1. The second kappa shape index (κ2) is 5.84. The zero-order valence-corrected chi connectivity index (χ0v) is 11.4. The van der Waals surface area contributed by atoms with E-state index in [9.17, 15) is 14.3 Å². The lowest BCUT2D eigenvalue weighted by molar-refractivity contribution is 0.0947. The van der Waals surface area contributed by atoms with Crippen molar-refractivity contribution < 1.29 is 14.3 Å². The maximum absolute atomic E-state index is 13.0. The standard InChI is InChI=1S/C14H11BrFNO2/c15-10-3-1-9(2-4-10)8-17-14(19)12-7-11(16)5-6-13(12)18/h1-7,18H,8H2,(H,17,19). The van der Waals surface area contributed by atoms with Crippen LogP contribution in [0.15, 0.2) is 46.9 Å². The van der Waals surface area contributed by atoms with E-state index in [1.807, 2.05) is 24.3 Å². The molecule has 2 rings (SSSR count). The maximum atomic E-state index is 13.0. The van der Waals surface area contributed by atoms with E-state index >= 15 is 0 Å². The van der Waals surface area contributed by atoms with Gasteiger partial charge in [0.15, 0.2) is 0 Å². The highest BCUT2D eigenvalue weighted by atomic mass is 79.9. The molecule has 98 valence electrons. The number of phenolic OH excluding ortho intramolecular Hbond substituents is 1. The lowest BCUT2D eigenvalue weighted by Crippen LogP contribution is -2.23. The van der Waals surface area contributed by atoms with E-state index in [0.29, 0.717) is 6.54 Å². The van der Waals surface area contributed by atoms with Gasteiger partial charge in [-0.25, -0.2) is 4.39 Å². The molecule has 0 unspecified atom stereocenters. The molecule has 0 bridgehead atoms. The molecule has 0 heterocycles. The van der Waals surface area contributed by atoms with E-state index in [0.717, 1.165) is 28.2 Å². The number of amides is 1. The van der Waals surface area contributed by atoms with Gasteiger partial charge in [-0.15, -0.1) is 0 Å². The predicted molar refractivity (Wildman–Crippen MR) is 73.4 cm³/mol. The van der Waals surface area contributed by atoms with E-state index in [1.165, 1.54) is 0 Å². The molecule has 2 aromatic rings. The van der Waals surface area contributed by atoms with Crippen LogP contribution in [0, 0.1) is 5.82 Å². The van der Waals surface area contributed by atoms with Crippen LogP contribution in [0.25, 0.3) is 0 Å². The van der Waals surface area contributed by atoms with Gasteiger partial charge in [-0.1, -0.05) is 28.1 Å². The van der Waals surface area contributed by atoms with Crippen LogP contribution >= 0.6 is 15.9 Å². The average molecular weight is 324 g/mol. The summed E-state index contributed by atoms with van der Waals surface area (Å²) < 4.78 is 14.0. The van der Waals surface area contributed by atoms with Crippen molar-refractivity contribution in [3.8, 4) is 5.75 Å². The van der Waals surface area contributed by atoms with Crippen LogP contribution in [-0.2, 0) is 6.54 Å². The Morgan fingerprint density at radius 3 is 2.58 bits per heavy atom. The van der Waals surface area contributed by atoms with E-state index in [4.69, 9.17) is 0 Å². The third-order valence-corrected chi connectivity index (χ3v) is 3.10. The highest BCUT2D eigenvalue weighted by Gasteiger charge is 2.11. The minimum absolute atomic E-state index is 0.0721. The van der Waals surface area contributed by atoms with Crippen LogP contribution < -0.4 is 5.32 Å². The first-order valence-electron chi connectivity index (χ1n) is 5.57. The van der Waals surface area contributed by atoms with Gasteiger partial charge in [0, 0.05) is 11.0 Å². The summed E-state index contributed by atoms with van der Waals surface area (Å²) in [7, 11) is 0. The van der Waals surface area contributed by atoms with Crippen molar-refractivity contribution in [1.82, 2.24) is 5.32 Å². The van der Waals surface area contributed by atoms with Gasteiger partial charge in [-0.05, 0) is 35.9 Å². The number of hydrogen-bond acceptors (Lipinski definition) is 2. The van der Waals surface area contributed by atoms with E-state index in [-0.39, 0.29) is 11.3 Å². The van der Waals surface area contributed by atoms with Crippen molar-refractivity contribution in [3.05, 3.63) is 63.9 Å². The topological polar surface area (TPSA) is 49.3 Å². The molecule has 1 amide bonds. The highest BCUT2D eigenvalue weighted by Crippen LogP contribution is 2.18. The third kappa shape index (κ3) is 3.54. The number of rotatable bonds is 3. The number of carbonyl (C=O) groups is 1. The number of aromatic hydroxyl groups is 1. The molecule has 19 heavy (non-hydrogen) atoms. The van der Waals surface area contributed by atoms with Gasteiger partial charge in [-0.2, -0.15) is 0 Å². The van der Waals surface area contributed by atoms with Crippen LogP contribution in [0.3, 0.4) is 0 Å². The summed E-state index contributed by atoms with van der Waals surface area (Å²) in [5.74, 6) is -1.32. The van der Waals surface area contributed by atoms with Gasteiger partial charge < -0.3 is 10.4 Å². The molecule has 2 aromatic carbocycles. The monoisotopic (exact) mass is 323 g/mol. The molecular weight excluding hydrogens is 313 g/mol. The Labute approximate surface area is 118 Å². The Morgan fingerprint density at radius 2 is 1.89 bits per heavy atom. The molecule has 0 radical (unpaired) electrons. The summed E-state index contributed by atoms with van der Waals surface area (Å²) in [6.45, 7) is 0.308. The number of nitrogens with one attached hydrogen (secondary N) is 1. The number of halogens is 2. The molecule has 0 saturated carbocycles. The van der Waals surface area contributed by atoms with Crippen LogP contribution in [0.5, 0.6) is 5.75 Å². The Bertz CT molecular complexity index is 599. The van der Waals surface area contributed by atoms with Gasteiger partial charge in [-0.3, -0.25) is 4.79 Å². The van der Waals surface area contributed by atoms with Gasteiger partial charge in [0.2, 0.25) is 0 Å². The second-order valence-electron chi connectivity index (χ2n) is 3.97. The Morgan fingerprint density at radius 1 is 1.21 bits per heavy atom. The zero-order valence-electron chi connectivity index (χ0n) is 9.86. The quantitative estimate of drug-likeness (QED) is 0.911. The van der Waals surface area contributed by atoms with Gasteiger partial charge in [0.25, 0.3) is 5.91 Å². The van der Waals surface area contributed by atoms with Gasteiger partial charge >= 0.3 is 0 Å². The second-order valence-corrected chi connectivity index (χ2v) is 4.89. The fourth-order valence-corrected chi connectivity index (χ4v) is 1.83. The molecule has 3 nitrogen and oxygen atoms in total. The minimum atomic E-state index is -0.563. The lowest BCUT2D eigenvalue weighted by atomic mass is 10.1.